The van der Waals surface area contributed by atoms with Crippen LogP contribution in [0.1, 0.15) is 12.5 Å². The smallest absolute Gasteiger partial charge is 0.324 e. The van der Waals surface area contributed by atoms with Crippen molar-refractivity contribution in [1.29, 1.82) is 0 Å². The van der Waals surface area contributed by atoms with Gasteiger partial charge < -0.3 is 11.1 Å². The minimum Gasteiger partial charge on any atom is -0.324 e. The number of benzene rings is 1. The molecule has 1 atom stereocenters. The summed E-state index contributed by atoms with van der Waals surface area (Å²) in [4.78, 5) is 11.5. The third-order valence-electron chi connectivity index (χ3n) is 2.60. The van der Waals surface area contributed by atoms with Crippen molar-refractivity contribution >= 4 is 23.2 Å². The standard InChI is InChI=1S/C11H9ClF6N2O/c1-9(19,11(16,17)18)8(21)20-7-3-2-5(12)4-6(7)10(13,14)15/h2-4H,19H2,1H3,(H,20,21). The molecule has 10 heteroatoms. The fourth-order valence-electron chi connectivity index (χ4n) is 1.24. The summed E-state index contributed by atoms with van der Waals surface area (Å²) < 4.78 is 75.9. The zero-order valence-corrected chi connectivity index (χ0v) is 11.1. The summed E-state index contributed by atoms with van der Waals surface area (Å²) in [6.07, 6.45) is -10.0. The van der Waals surface area contributed by atoms with Crippen LogP contribution in [0.5, 0.6) is 0 Å². The van der Waals surface area contributed by atoms with Gasteiger partial charge in [-0.1, -0.05) is 11.6 Å². The van der Waals surface area contributed by atoms with E-state index < -0.39 is 35.0 Å². The van der Waals surface area contributed by atoms with Gasteiger partial charge in [-0.15, -0.1) is 0 Å². The molecule has 3 N–H and O–H groups in total. The molecule has 1 aromatic carbocycles. The monoisotopic (exact) mass is 334 g/mol. The predicted octanol–water partition coefficient (Wildman–Crippen LogP) is 3.58. The molecule has 118 valence electrons. The molecule has 21 heavy (non-hydrogen) atoms. The van der Waals surface area contributed by atoms with Crippen LogP contribution in [0.4, 0.5) is 32.0 Å². The van der Waals surface area contributed by atoms with Gasteiger partial charge >= 0.3 is 12.4 Å². The van der Waals surface area contributed by atoms with E-state index in [1.165, 1.54) is 5.32 Å². The maximum atomic E-state index is 12.7. The molecule has 0 spiro atoms. The number of nitrogens with one attached hydrogen (secondary N) is 1. The Labute approximate surface area is 120 Å². The maximum Gasteiger partial charge on any atom is 0.418 e. The highest BCUT2D eigenvalue weighted by atomic mass is 35.5. The lowest BCUT2D eigenvalue weighted by Crippen LogP contribution is -2.59. The van der Waals surface area contributed by atoms with Gasteiger partial charge in [-0.05, 0) is 25.1 Å². The number of hydrogen-bond acceptors (Lipinski definition) is 2. The summed E-state index contributed by atoms with van der Waals surface area (Å²) in [5, 5.41) is 1.24. The van der Waals surface area contributed by atoms with Gasteiger partial charge in [0.15, 0.2) is 5.54 Å². The van der Waals surface area contributed by atoms with Crippen molar-refractivity contribution in [3.8, 4) is 0 Å². The number of nitrogens with two attached hydrogens (primary N) is 1. The molecule has 0 radical (unpaired) electrons. The van der Waals surface area contributed by atoms with E-state index in [0.29, 0.717) is 13.0 Å². The highest BCUT2D eigenvalue weighted by molar-refractivity contribution is 6.30. The summed E-state index contributed by atoms with van der Waals surface area (Å²) in [6, 6.07) is 2.22. The topological polar surface area (TPSA) is 55.1 Å². The van der Waals surface area contributed by atoms with Crippen molar-refractivity contribution < 1.29 is 31.1 Å². The van der Waals surface area contributed by atoms with Crippen molar-refractivity contribution in [2.24, 2.45) is 5.73 Å². The van der Waals surface area contributed by atoms with Gasteiger partial charge in [0.05, 0.1) is 11.3 Å². The van der Waals surface area contributed by atoms with E-state index >= 15 is 0 Å². The van der Waals surface area contributed by atoms with Crippen LogP contribution >= 0.6 is 11.6 Å². The molecule has 0 aliphatic rings. The van der Waals surface area contributed by atoms with Crippen LogP contribution < -0.4 is 11.1 Å². The number of hydrogen-bond donors (Lipinski definition) is 2. The zero-order chi connectivity index (χ0) is 16.6. The van der Waals surface area contributed by atoms with Crippen molar-refractivity contribution in [1.82, 2.24) is 0 Å². The van der Waals surface area contributed by atoms with Crippen LogP contribution in [-0.4, -0.2) is 17.6 Å². The van der Waals surface area contributed by atoms with E-state index in [1.807, 2.05) is 0 Å². The molecule has 0 fully saturated rings. The lowest BCUT2D eigenvalue weighted by atomic mass is 10.0. The van der Waals surface area contributed by atoms with E-state index in [1.54, 1.807) is 0 Å². The summed E-state index contributed by atoms with van der Waals surface area (Å²) in [6.45, 7) is 0.353. The summed E-state index contributed by atoms with van der Waals surface area (Å²) in [7, 11) is 0. The fraction of sp³-hybridized carbons (Fsp3) is 0.364. The Hall–Kier alpha value is -1.48. The Bertz CT molecular complexity index is 553. The molecule has 1 aromatic rings. The molecule has 0 heterocycles. The quantitative estimate of drug-likeness (QED) is 0.812. The van der Waals surface area contributed by atoms with Crippen molar-refractivity contribution in [2.45, 2.75) is 24.8 Å². The first-order valence-corrected chi connectivity index (χ1v) is 5.68. The molecule has 0 aromatic heterocycles. The summed E-state index contributed by atoms with van der Waals surface area (Å²) in [5.74, 6) is -1.82. The third-order valence-corrected chi connectivity index (χ3v) is 2.83. The third kappa shape index (κ3) is 3.79. The molecular weight excluding hydrogens is 326 g/mol. The van der Waals surface area contributed by atoms with Crippen LogP contribution in [0, 0.1) is 0 Å². The van der Waals surface area contributed by atoms with Gasteiger partial charge in [0.1, 0.15) is 0 Å². The first-order chi connectivity index (χ1) is 9.26. The number of carbonyl (C=O) groups is 1. The second kappa shape index (κ2) is 5.38. The van der Waals surface area contributed by atoms with E-state index in [9.17, 15) is 31.1 Å². The van der Waals surface area contributed by atoms with Gasteiger partial charge in [-0.25, -0.2) is 0 Å². The minimum atomic E-state index is -5.12. The number of rotatable bonds is 2. The van der Waals surface area contributed by atoms with Gasteiger partial charge in [-0.3, -0.25) is 4.79 Å². The average Bonchev–Trinajstić information content (AvgIpc) is 2.28. The van der Waals surface area contributed by atoms with Gasteiger partial charge in [0.25, 0.3) is 5.91 Å². The SMILES string of the molecule is CC(N)(C(=O)Nc1ccc(Cl)cc1C(F)(F)F)C(F)(F)F. The van der Waals surface area contributed by atoms with E-state index in [-0.39, 0.29) is 5.02 Å². The Morgan fingerprint density at radius 3 is 2.14 bits per heavy atom. The van der Waals surface area contributed by atoms with Crippen molar-refractivity contribution in [2.75, 3.05) is 5.32 Å². The second-order valence-electron chi connectivity index (χ2n) is 4.34. The van der Waals surface area contributed by atoms with Crippen LogP contribution in [0.15, 0.2) is 18.2 Å². The van der Waals surface area contributed by atoms with E-state index in [0.717, 1.165) is 12.1 Å². The van der Waals surface area contributed by atoms with Gasteiger partial charge in [-0.2, -0.15) is 26.3 Å². The summed E-state index contributed by atoms with van der Waals surface area (Å²) in [5.41, 5.74) is -0.745. The predicted molar refractivity (Wildman–Crippen MR) is 63.7 cm³/mol. The fourth-order valence-corrected chi connectivity index (χ4v) is 1.41. The maximum absolute atomic E-state index is 12.7. The lowest BCUT2D eigenvalue weighted by Gasteiger charge is -2.26. The Morgan fingerprint density at radius 2 is 1.71 bits per heavy atom. The molecule has 0 saturated carbocycles. The van der Waals surface area contributed by atoms with Gasteiger partial charge in [0.2, 0.25) is 0 Å². The highest BCUT2D eigenvalue weighted by Gasteiger charge is 2.54. The van der Waals surface area contributed by atoms with E-state index in [4.69, 9.17) is 17.3 Å². The second-order valence-corrected chi connectivity index (χ2v) is 4.78. The van der Waals surface area contributed by atoms with Crippen LogP contribution in [0.2, 0.25) is 5.02 Å². The largest absolute Gasteiger partial charge is 0.418 e. The Kier molecular flexibility index (Phi) is 4.50. The van der Waals surface area contributed by atoms with Crippen LogP contribution in [0.3, 0.4) is 0 Å². The molecule has 1 unspecified atom stereocenters. The van der Waals surface area contributed by atoms with Crippen molar-refractivity contribution in [3.63, 3.8) is 0 Å². The van der Waals surface area contributed by atoms with Crippen LogP contribution in [0.25, 0.3) is 0 Å². The van der Waals surface area contributed by atoms with Crippen LogP contribution in [-0.2, 0) is 11.0 Å². The zero-order valence-electron chi connectivity index (χ0n) is 10.4. The molecule has 0 saturated heterocycles. The van der Waals surface area contributed by atoms with Gasteiger partial charge in [0, 0.05) is 5.02 Å². The number of amides is 1. The first kappa shape index (κ1) is 17.6. The summed E-state index contributed by atoms with van der Waals surface area (Å²) >= 11 is 5.40. The number of anilines is 1. The van der Waals surface area contributed by atoms with E-state index in [2.05, 4.69) is 0 Å². The molecule has 1 amide bonds. The molecule has 0 aliphatic carbocycles. The number of halogens is 7. The Morgan fingerprint density at radius 1 is 1.19 bits per heavy atom. The molecule has 3 nitrogen and oxygen atoms in total. The van der Waals surface area contributed by atoms with Crippen molar-refractivity contribution in [3.05, 3.63) is 28.8 Å². The normalized spacial score (nSPS) is 15.5. The lowest BCUT2D eigenvalue weighted by molar-refractivity contribution is -0.184. The first-order valence-electron chi connectivity index (χ1n) is 5.30. The average molecular weight is 335 g/mol. The number of carbonyl (C=O) groups excluding carboxylic acids is 1. The Balaban J connectivity index is 3.18. The molecule has 0 bridgehead atoms. The molecule has 1 rings (SSSR count). The molecule has 0 aliphatic heterocycles. The highest BCUT2D eigenvalue weighted by Crippen LogP contribution is 2.37. The molecular formula is C11H9ClF6N2O. The number of alkyl halides is 6. The minimum absolute atomic E-state index is 0.286.